The van der Waals surface area contributed by atoms with Gasteiger partial charge in [0, 0.05) is 0 Å². The molecule has 0 saturated carbocycles. The molecule has 0 aliphatic heterocycles. The van der Waals surface area contributed by atoms with Crippen molar-refractivity contribution in [3.63, 3.8) is 0 Å². The van der Waals surface area contributed by atoms with Crippen LogP contribution in [0.15, 0.2) is 18.2 Å². The Kier molecular flexibility index (Phi) is 5.28. The quantitative estimate of drug-likeness (QED) is 0.587. The van der Waals surface area contributed by atoms with Crippen molar-refractivity contribution < 1.29 is 15.3 Å². The summed E-state index contributed by atoms with van der Waals surface area (Å²) in [6.07, 6.45) is -1.23. The number of hydrogen-bond acceptors (Lipinski definition) is 4. The van der Waals surface area contributed by atoms with Crippen LogP contribution < -0.4 is 0 Å². The Morgan fingerprint density at radius 3 is 2.50 bits per heavy atom. The molecule has 16 heavy (non-hydrogen) atoms. The highest BCUT2D eigenvalue weighted by atomic mass is 32.1. The lowest BCUT2D eigenvalue weighted by Crippen LogP contribution is -2.19. The fourth-order valence-corrected chi connectivity index (χ4v) is 1.93. The van der Waals surface area contributed by atoms with Gasteiger partial charge in [-0.05, 0) is 35.8 Å². The Morgan fingerprint density at radius 1 is 1.31 bits per heavy atom. The fourth-order valence-electron chi connectivity index (χ4n) is 1.67. The molecule has 0 amide bonds. The zero-order valence-corrected chi connectivity index (χ0v) is 10.2. The molecule has 0 aliphatic rings. The molecule has 4 heteroatoms. The van der Waals surface area contributed by atoms with Gasteiger partial charge in [-0.1, -0.05) is 18.2 Å². The SMILES string of the molecule is Cc1cc(CO)ccc1C(O)C(O)CCS. The molecule has 1 rings (SSSR count). The number of aryl methyl sites for hydroxylation is 1. The molecule has 3 nitrogen and oxygen atoms in total. The highest BCUT2D eigenvalue weighted by molar-refractivity contribution is 7.80. The zero-order chi connectivity index (χ0) is 12.1. The molecule has 2 atom stereocenters. The van der Waals surface area contributed by atoms with E-state index in [0.29, 0.717) is 17.7 Å². The lowest BCUT2D eigenvalue weighted by molar-refractivity contribution is 0.0168. The minimum Gasteiger partial charge on any atom is -0.392 e. The summed E-state index contributed by atoms with van der Waals surface area (Å²) in [7, 11) is 0. The van der Waals surface area contributed by atoms with Gasteiger partial charge in [0.15, 0.2) is 0 Å². The molecule has 0 spiro atoms. The Hall–Kier alpha value is -0.550. The second-order valence-electron chi connectivity index (χ2n) is 3.87. The van der Waals surface area contributed by atoms with E-state index in [2.05, 4.69) is 12.6 Å². The summed E-state index contributed by atoms with van der Waals surface area (Å²) in [6, 6.07) is 5.30. The maximum absolute atomic E-state index is 9.92. The third kappa shape index (κ3) is 3.22. The van der Waals surface area contributed by atoms with E-state index in [1.807, 2.05) is 13.0 Å². The Bertz CT molecular complexity index is 341. The summed E-state index contributed by atoms with van der Waals surface area (Å²) < 4.78 is 0. The van der Waals surface area contributed by atoms with Crippen molar-refractivity contribution in [1.29, 1.82) is 0 Å². The summed E-state index contributed by atoms with van der Waals surface area (Å²) in [5, 5.41) is 28.6. The van der Waals surface area contributed by atoms with Crippen LogP contribution in [-0.2, 0) is 6.61 Å². The Labute approximate surface area is 101 Å². The van der Waals surface area contributed by atoms with Gasteiger partial charge in [-0.25, -0.2) is 0 Å². The van der Waals surface area contributed by atoms with E-state index in [-0.39, 0.29) is 6.61 Å². The molecule has 0 bridgehead atoms. The van der Waals surface area contributed by atoms with Crippen LogP contribution in [0.25, 0.3) is 0 Å². The second kappa shape index (κ2) is 6.25. The highest BCUT2D eigenvalue weighted by Gasteiger charge is 2.19. The van der Waals surface area contributed by atoms with Gasteiger partial charge < -0.3 is 15.3 Å². The van der Waals surface area contributed by atoms with Crippen molar-refractivity contribution in [2.24, 2.45) is 0 Å². The van der Waals surface area contributed by atoms with E-state index in [0.717, 1.165) is 11.1 Å². The summed E-state index contributed by atoms with van der Waals surface area (Å²) in [6.45, 7) is 1.83. The minimum atomic E-state index is -0.889. The predicted molar refractivity (Wildman–Crippen MR) is 66.5 cm³/mol. The minimum absolute atomic E-state index is 0.0175. The first-order chi connectivity index (χ1) is 7.60. The molecule has 1 aromatic rings. The average molecular weight is 242 g/mol. The zero-order valence-electron chi connectivity index (χ0n) is 9.30. The van der Waals surface area contributed by atoms with E-state index < -0.39 is 12.2 Å². The standard InChI is InChI=1S/C12H18O3S/c1-8-6-9(7-13)2-3-10(8)12(15)11(14)4-5-16/h2-3,6,11-16H,4-5,7H2,1H3. The molecule has 90 valence electrons. The third-order valence-corrected chi connectivity index (χ3v) is 2.88. The first-order valence-corrected chi connectivity index (χ1v) is 5.90. The van der Waals surface area contributed by atoms with Crippen LogP contribution in [0, 0.1) is 6.92 Å². The van der Waals surface area contributed by atoms with E-state index >= 15 is 0 Å². The van der Waals surface area contributed by atoms with Gasteiger partial charge in [0.05, 0.1) is 12.7 Å². The molecule has 1 aromatic carbocycles. The van der Waals surface area contributed by atoms with Crippen molar-refractivity contribution in [1.82, 2.24) is 0 Å². The van der Waals surface area contributed by atoms with Gasteiger partial charge in [0.1, 0.15) is 6.10 Å². The van der Waals surface area contributed by atoms with Crippen LogP contribution >= 0.6 is 12.6 Å². The van der Waals surface area contributed by atoms with E-state index in [1.54, 1.807) is 12.1 Å². The molecule has 0 heterocycles. The summed E-state index contributed by atoms with van der Waals surface area (Å²) in [5.41, 5.74) is 2.38. The number of aliphatic hydroxyl groups excluding tert-OH is 3. The third-order valence-electron chi connectivity index (χ3n) is 2.62. The van der Waals surface area contributed by atoms with Crippen LogP contribution in [0.5, 0.6) is 0 Å². The van der Waals surface area contributed by atoms with Crippen molar-refractivity contribution in [2.45, 2.75) is 32.2 Å². The average Bonchev–Trinajstić information content (AvgIpc) is 2.28. The van der Waals surface area contributed by atoms with Gasteiger partial charge in [-0.15, -0.1) is 0 Å². The fraction of sp³-hybridized carbons (Fsp3) is 0.500. The predicted octanol–water partition coefficient (Wildman–Crippen LogP) is 1.20. The number of thiol groups is 1. The number of benzene rings is 1. The largest absolute Gasteiger partial charge is 0.392 e. The van der Waals surface area contributed by atoms with Gasteiger partial charge in [-0.2, -0.15) is 12.6 Å². The summed E-state index contributed by atoms with van der Waals surface area (Å²) in [5.74, 6) is 0.534. The lowest BCUT2D eigenvalue weighted by Gasteiger charge is -2.19. The maximum Gasteiger partial charge on any atom is 0.105 e. The molecule has 0 aliphatic carbocycles. The van der Waals surface area contributed by atoms with Crippen molar-refractivity contribution >= 4 is 12.6 Å². The van der Waals surface area contributed by atoms with Gasteiger partial charge in [-0.3, -0.25) is 0 Å². The maximum atomic E-state index is 9.92. The van der Waals surface area contributed by atoms with E-state index in [1.165, 1.54) is 0 Å². The van der Waals surface area contributed by atoms with Gasteiger partial charge in [0.2, 0.25) is 0 Å². The molecule has 0 radical (unpaired) electrons. The van der Waals surface area contributed by atoms with Crippen molar-refractivity contribution in [3.8, 4) is 0 Å². The Balaban J connectivity index is 2.87. The van der Waals surface area contributed by atoms with Crippen molar-refractivity contribution in [3.05, 3.63) is 34.9 Å². The number of aliphatic hydroxyl groups is 3. The van der Waals surface area contributed by atoms with Crippen LogP contribution in [0.4, 0.5) is 0 Å². The molecule has 0 saturated heterocycles. The molecule has 2 unspecified atom stereocenters. The van der Waals surface area contributed by atoms with Gasteiger partial charge in [0.25, 0.3) is 0 Å². The van der Waals surface area contributed by atoms with Gasteiger partial charge >= 0.3 is 0 Å². The topological polar surface area (TPSA) is 60.7 Å². The molecule has 0 aromatic heterocycles. The molecule has 0 fully saturated rings. The van der Waals surface area contributed by atoms with Crippen LogP contribution in [0.2, 0.25) is 0 Å². The number of hydrogen-bond donors (Lipinski definition) is 4. The first kappa shape index (κ1) is 13.5. The molecular formula is C12H18O3S. The van der Waals surface area contributed by atoms with Crippen LogP contribution in [0.1, 0.15) is 29.2 Å². The monoisotopic (exact) mass is 242 g/mol. The second-order valence-corrected chi connectivity index (χ2v) is 4.32. The number of rotatable bonds is 5. The first-order valence-electron chi connectivity index (χ1n) is 5.27. The van der Waals surface area contributed by atoms with Crippen LogP contribution in [0.3, 0.4) is 0 Å². The van der Waals surface area contributed by atoms with E-state index in [4.69, 9.17) is 5.11 Å². The van der Waals surface area contributed by atoms with Crippen LogP contribution in [-0.4, -0.2) is 27.2 Å². The summed E-state index contributed by atoms with van der Waals surface area (Å²) >= 11 is 4.02. The summed E-state index contributed by atoms with van der Waals surface area (Å²) in [4.78, 5) is 0. The van der Waals surface area contributed by atoms with Crippen molar-refractivity contribution in [2.75, 3.05) is 5.75 Å². The lowest BCUT2D eigenvalue weighted by atomic mass is 9.96. The molecule has 3 N–H and O–H groups in total. The molecular weight excluding hydrogens is 224 g/mol. The highest BCUT2D eigenvalue weighted by Crippen LogP contribution is 2.23. The normalized spacial score (nSPS) is 14.8. The van der Waals surface area contributed by atoms with E-state index in [9.17, 15) is 10.2 Å². The Morgan fingerprint density at radius 2 is 2.00 bits per heavy atom. The smallest absolute Gasteiger partial charge is 0.105 e.